The van der Waals surface area contributed by atoms with Crippen LogP contribution in [0.2, 0.25) is 0 Å². The van der Waals surface area contributed by atoms with Crippen LogP contribution in [-0.2, 0) is 13.0 Å². The Morgan fingerprint density at radius 1 is 1.38 bits per heavy atom. The summed E-state index contributed by atoms with van der Waals surface area (Å²) in [5.41, 5.74) is 3.52. The number of fused-ring (bicyclic) bond motifs is 3. The maximum absolute atomic E-state index is 11.7. The maximum atomic E-state index is 11.7. The number of aromatic nitrogens is 1. The Hall–Kier alpha value is -1.61. The van der Waals surface area contributed by atoms with E-state index in [1.807, 2.05) is 22.8 Å². The van der Waals surface area contributed by atoms with Crippen molar-refractivity contribution in [3.8, 4) is 0 Å². The van der Waals surface area contributed by atoms with Gasteiger partial charge < -0.3 is 5.32 Å². The minimum atomic E-state index is 0.0983. The van der Waals surface area contributed by atoms with E-state index in [2.05, 4.69) is 11.4 Å². The Labute approximate surface area is 94.1 Å². The summed E-state index contributed by atoms with van der Waals surface area (Å²) in [4.78, 5) is 11.7. The lowest BCUT2D eigenvalue weighted by Crippen LogP contribution is -2.26. The van der Waals surface area contributed by atoms with Crippen molar-refractivity contribution >= 4 is 16.8 Å². The highest BCUT2D eigenvalue weighted by atomic mass is 16.1. The molecule has 16 heavy (non-hydrogen) atoms. The molecule has 0 aliphatic carbocycles. The van der Waals surface area contributed by atoms with Gasteiger partial charge >= 0.3 is 0 Å². The first kappa shape index (κ1) is 9.60. The Balaban J connectivity index is 2.41. The number of hydrogen-bond donors (Lipinski definition) is 1. The highest BCUT2D eigenvalue weighted by Crippen LogP contribution is 2.28. The van der Waals surface area contributed by atoms with Gasteiger partial charge in [-0.25, -0.2) is 0 Å². The van der Waals surface area contributed by atoms with Gasteiger partial charge in [0, 0.05) is 24.5 Å². The normalized spacial score (nSPS) is 15.1. The van der Waals surface area contributed by atoms with E-state index in [1.165, 1.54) is 10.9 Å². The summed E-state index contributed by atoms with van der Waals surface area (Å²) in [5.74, 6) is 0.0983. The van der Waals surface area contributed by atoms with Crippen molar-refractivity contribution in [1.29, 1.82) is 0 Å². The van der Waals surface area contributed by atoms with E-state index >= 15 is 0 Å². The average molecular weight is 214 g/mol. The molecule has 0 spiro atoms. The fraction of sp³-hybridized carbons (Fsp3) is 0.308. The zero-order chi connectivity index (χ0) is 11.1. The molecule has 2 aromatic rings. The topological polar surface area (TPSA) is 34.0 Å². The predicted molar refractivity (Wildman–Crippen MR) is 63.6 cm³/mol. The van der Waals surface area contributed by atoms with Gasteiger partial charge in [-0.1, -0.05) is 18.2 Å². The first-order chi connectivity index (χ1) is 7.79. The highest BCUT2D eigenvalue weighted by molar-refractivity contribution is 5.95. The number of hydrogen-bond acceptors (Lipinski definition) is 2. The lowest BCUT2D eigenvalue weighted by atomic mass is 10.1. The summed E-state index contributed by atoms with van der Waals surface area (Å²) in [7, 11) is 0. The van der Waals surface area contributed by atoms with Gasteiger partial charge in [0.05, 0.1) is 5.52 Å². The largest absolute Gasteiger partial charge is 0.311 e. The standard InChI is InChI=1S/C13H14N2O/c1-9(16)15-12-5-3-2-4-10(12)11-6-7-14-8-13(11)15/h2-5,14H,6-8H2,1H3. The molecule has 3 nitrogen and oxygen atoms in total. The van der Waals surface area contributed by atoms with Crippen LogP contribution in [0.1, 0.15) is 23.0 Å². The van der Waals surface area contributed by atoms with E-state index in [-0.39, 0.29) is 5.91 Å². The van der Waals surface area contributed by atoms with E-state index in [0.29, 0.717) is 0 Å². The molecular formula is C13H14N2O. The molecule has 1 aliphatic heterocycles. The van der Waals surface area contributed by atoms with Gasteiger partial charge in [0.1, 0.15) is 0 Å². The van der Waals surface area contributed by atoms with Crippen LogP contribution in [0.5, 0.6) is 0 Å². The van der Waals surface area contributed by atoms with Gasteiger partial charge in [-0.15, -0.1) is 0 Å². The van der Waals surface area contributed by atoms with Crippen LogP contribution in [0.3, 0.4) is 0 Å². The molecule has 0 saturated heterocycles. The van der Waals surface area contributed by atoms with Crippen LogP contribution in [0.25, 0.3) is 10.9 Å². The van der Waals surface area contributed by atoms with Crippen LogP contribution in [0.4, 0.5) is 0 Å². The maximum Gasteiger partial charge on any atom is 0.228 e. The van der Waals surface area contributed by atoms with Gasteiger partial charge in [0.15, 0.2) is 0 Å². The Bertz CT molecular complexity index is 569. The summed E-state index contributed by atoms with van der Waals surface area (Å²) in [5, 5.41) is 4.55. The monoisotopic (exact) mass is 214 g/mol. The molecule has 0 atom stereocenters. The Morgan fingerprint density at radius 2 is 2.19 bits per heavy atom. The third kappa shape index (κ3) is 1.21. The minimum Gasteiger partial charge on any atom is -0.311 e. The van der Waals surface area contributed by atoms with Crippen LogP contribution in [0.15, 0.2) is 24.3 Å². The number of carbonyl (C=O) groups is 1. The van der Waals surface area contributed by atoms with Gasteiger partial charge in [-0.3, -0.25) is 9.36 Å². The molecule has 82 valence electrons. The first-order valence-corrected chi connectivity index (χ1v) is 5.62. The predicted octanol–water partition coefficient (Wildman–Crippen LogP) is 1.95. The second kappa shape index (κ2) is 3.46. The van der Waals surface area contributed by atoms with Crippen molar-refractivity contribution in [2.75, 3.05) is 6.54 Å². The van der Waals surface area contributed by atoms with E-state index < -0.39 is 0 Å². The molecule has 1 aromatic carbocycles. The first-order valence-electron chi connectivity index (χ1n) is 5.62. The molecule has 0 unspecified atom stereocenters. The minimum absolute atomic E-state index is 0.0983. The Kier molecular flexibility index (Phi) is 2.07. The molecular weight excluding hydrogens is 200 g/mol. The zero-order valence-corrected chi connectivity index (χ0v) is 9.29. The lowest BCUT2D eigenvalue weighted by Gasteiger charge is -2.15. The van der Waals surface area contributed by atoms with Crippen molar-refractivity contribution in [3.05, 3.63) is 35.5 Å². The van der Waals surface area contributed by atoms with E-state index in [0.717, 1.165) is 30.7 Å². The number of nitrogens with zero attached hydrogens (tertiary/aromatic N) is 1. The van der Waals surface area contributed by atoms with Crippen molar-refractivity contribution < 1.29 is 4.79 Å². The summed E-state index contributed by atoms with van der Waals surface area (Å²) in [6.45, 7) is 3.42. The summed E-state index contributed by atoms with van der Waals surface area (Å²) in [6, 6.07) is 8.16. The number of carbonyl (C=O) groups excluding carboxylic acids is 1. The summed E-state index contributed by atoms with van der Waals surface area (Å²) in [6.07, 6.45) is 1.01. The second-order valence-corrected chi connectivity index (χ2v) is 4.22. The third-order valence-corrected chi connectivity index (χ3v) is 3.25. The van der Waals surface area contributed by atoms with Crippen molar-refractivity contribution in [2.45, 2.75) is 19.9 Å². The summed E-state index contributed by atoms with van der Waals surface area (Å²) >= 11 is 0. The Morgan fingerprint density at radius 3 is 3.00 bits per heavy atom. The van der Waals surface area contributed by atoms with Crippen molar-refractivity contribution in [2.24, 2.45) is 0 Å². The molecule has 1 aliphatic rings. The van der Waals surface area contributed by atoms with Gasteiger partial charge in [-0.05, 0) is 24.6 Å². The molecule has 3 rings (SSSR count). The average Bonchev–Trinajstić information content (AvgIpc) is 2.63. The molecule has 2 heterocycles. The van der Waals surface area contributed by atoms with Crippen LogP contribution in [0, 0.1) is 0 Å². The van der Waals surface area contributed by atoms with Crippen molar-refractivity contribution in [1.82, 2.24) is 9.88 Å². The smallest absolute Gasteiger partial charge is 0.228 e. The second-order valence-electron chi connectivity index (χ2n) is 4.22. The van der Waals surface area contributed by atoms with E-state index in [9.17, 15) is 4.79 Å². The number of rotatable bonds is 0. The van der Waals surface area contributed by atoms with Crippen LogP contribution >= 0.6 is 0 Å². The SMILES string of the molecule is CC(=O)n1c2c(c3ccccc31)CCNC2. The number of nitrogens with one attached hydrogen (secondary N) is 1. The highest BCUT2D eigenvalue weighted by Gasteiger charge is 2.20. The molecule has 0 amide bonds. The number of para-hydroxylation sites is 1. The molecule has 0 saturated carbocycles. The van der Waals surface area contributed by atoms with E-state index in [4.69, 9.17) is 0 Å². The number of benzene rings is 1. The molecule has 1 aromatic heterocycles. The molecule has 0 bridgehead atoms. The van der Waals surface area contributed by atoms with Crippen molar-refractivity contribution in [3.63, 3.8) is 0 Å². The van der Waals surface area contributed by atoms with Gasteiger partial charge in [0.2, 0.25) is 5.91 Å². The third-order valence-electron chi connectivity index (χ3n) is 3.25. The molecule has 1 N–H and O–H groups in total. The molecule has 0 fully saturated rings. The molecule has 0 radical (unpaired) electrons. The van der Waals surface area contributed by atoms with E-state index in [1.54, 1.807) is 6.92 Å². The molecule has 3 heteroatoms. The quantitative estimate of drug-likeness (QED) is 0.727. The van der Waals surface area contributed by atoms with Crippen LogP contribution in [-0.4, -0.2) is 17.0 Å². The fourth-order valence-electron chi connectivity index (χ4n) is 2.60. The van der Waals surface area contributed by atoms with Gasteiger partial charge in [0.25, 0.3) is 0 Å². The van der Waals surface area contributed by atoms with Gasteiger partial charge in [-0.2, -0.15) is 0 Å². The van der Waals surface area contributed by atoms with Crippen LogP contribution < -0.4 is 5.32 Å². The fourth-order valence-corrected chi connectivity index (χ4v) is 2.60. The lowest BCUT2D eigenvalue weighted by molar-refractivity contribution is 0.0938. The summed E-state index contributed by atoms with van der Waals surface area (Å²) < 4.78 is 1.84. The zero-order valence-electron chi connectivity index (χ0n) is 9.29.